The summed E-state index contributed by atoms with van der Waals surface area (Å²) in [7, 11) is 0. The summed E-state index contributed by atoms with van der Waals surface area (Å²) in [5, 5.41) is 3.04. The second-order valence-corrected chi connectivity index (χ2v) is 8.48. The minimum atomic E-state index is -4.58. The van der Waals surface area contributed by atoms with E-state index < -0.39 is 30.1 Å². The molecule has 0 spiro atoms. The van der Waals surface area contributed by atoms with Crippen LogP contribution in [-0.4, -0.2) is 58.3 Å². The summed E-state index contributed by atoms with van der Waals surface area (Å²) in [6.45, 7) is 0.464. The van der Waals surface area contributed by atoms with Gasteiger partial charge in [-0.3, -0.25) is 19.1 Å². The number of carbonyl (C=O) groups is 1. The van der Waals surface area contributed by atoms with E-state index in [0.29, 0.717) is 18.4 Å². The van der Waals surface area contributed by atoms with E-state index in [1.165, 1.54) is 35.2 Å². The molecule has 11 heteroatoms. The molecular formula is C21H22F3N5O3. The maximum Gasteiger partial charge on any atom is 0.408 e. The fraction of sp³-hybridized carbons (Fsp3) is 0.524. The number of ether oxygens (including phenoxy) is 1. The first-order valence-electron chi connectivity index (χ1n) is 10.5. The number of hydrogen-bond donors (Lipinski definition) is 1. The predicted molar refractivity (Wildman–Crippen MR) is 109 cm³/mol. The smallest absolute Gasteiger partial charge is 0.376 e. The third-order valence-electron chi connectivity index (χ3n) is 6.41. The van der Waals surface area contributed by atoms with Crippen molar-refractivity contribution in [3.05, 3.63) is 46.5 Å². The number of nitrogens with one attached hydrogen (secondary N) is 1. The van der Waals surface area contributed by atoms with Crippen LogP contribution in [0.4, 0.5) is 24.9 Å². The molecule has 2 aromatic heterocycles. The molecule has 1 saturated heterocycles. The molecule has 1 N–H and O–H groups in total. The second kappa shape index (κ2) is 7.88. The lowest BCUT2D eigenvalue weighted by molar-refractivity contribution is -0.152. The summed E-state index contributed by atoms with van der Waals surface area (Å²) < 4.78 is 48.4. The molecule has 2 aromatic rings. The van der Waals surface area contributed by atoms with Gasteiger partial charge in [-0.15, -0.1) is 0 Å². The molecule has 3 aliphatic rings. The third-order valence-corrected chi connectivity index (χ3v) is 6.41. The van der Waals surface area contributed by atoms with Crippen molar-refractivity contribution in [2.24, 2.45) is 11.8 Å². The number of nitrogens with zero attached hydrogens (tertiary/aromatic N) is 4. The van der Waals surface area contributed by atoms with Crippen molar-refractivity contribution in [1.29, 1.82) is 0 Å². The Kier molecular flexibility index (Phi) is 5.15. The van der Waals surface area contributed by atoms with Crippen molar-refractivity contribution >= 4 is 17.5 Å². The standard InChI is InChI=1S/C21H22F3N5O3/c22-21(23,24)17-3-6-28-19(31)8-18(26-9-16-14-7-13(14)11-32-16)27-20(28)29(17)10-15(30)12-1-4-25-5-2-12/h1-2,4-5,8,13-14,16-17,26H,3,6-7,9-11H2/t13?,14?,16-,17?/m1/s1. The summed E-state index contributed by atoms with van der Waals surface area (Å²) in [4.78, 5) is 34.4. The molecule has 1 saturated carbocycles. The summed E-state index contributed by atoms with van der Waals surface area (Å²) >= 11 is 0. The Hall–Kier alpha value is -2.95. The maximum absolute atomic E-state index is 13.8. The van der Waals surface area contributed by atoms with Gasteiger partial charge in [-0.05, 0) is 36.8 Å². The van der Waals surface area contributed by atoms with E-state index in [-0.39, 0.29) is 36.4 Å². The van der Waals surface area contributed by atoms with Gasteiger partial charge >= 0.3 is 6.18 Å². The number of aromatic nitrogens is 3. The largest absolute Gasteiger partial charge is 0.408 e. The first-order valence-corrected chi connectivity index (χ1v) is 10.5. The van der Waals surface area contributed by atoms with Gasteiger partial charge in [-0.25, -0.2) is 0 Å². The lowest BCUT2D eigenvalue weighted by atomic mass is 10.1. The van der Waals surface area contributed by atoms with Crippen LogP contribution in [0.2, 0.25) is 0 Å². The van der Waals surface area contributed by atoms with Crippen LogP contribution < -0.4 is 15.8 Å². The fourth-order valence-electron chi connectivity index (χ4n) is 4.57. The van der Waals surface area contributed by atoms with Crippen LogP contribution in [-0.2, 0) is 11.3 Å². The van der Waals surface area contributed by atoms with E-state index in [2.05, 4.69) is 15.3 Å². The SMILES string of the molecule is O=C(CN1c2nc(NC[C@H]3OCC4CC43)cc(=O)n2CCC1C(F)(F)F)c1ccncc1. The van der Waals surface area contributed by atoms with Crippen LogP contribution in [0.15, 0.2) is 35.4 Å². The van der Waals surface area contributed by atoms with Crippen LogP contribution in [0.3, 0.4) is 0 Å². The van der Waals surface area contributed by atoms with Gasteiger partial charge in [0.25, 0.3) is 5.56 Å². The molecular weight excluding hydrogens is 427 g/mol. The van der Waals surface area contributed by atoms with Crippen molar-refractivity contribution in [3.8, 4) is 0 Å². The molecule has 0 amide bonds. The Labute approximate surface area is 181 Å². The van der Waals surface area contributed by atoms with Crippen LogP contribution in [0.1, 0.15) is 23.2 Å². The lowest BCUT2D eigenvalue weighted by Gasteiger charge is -2.38. The molecule has 4 atom stereocenters. The molecule has 3 unspecified atom stereocenters. The zero-order valence-electron chi connectivity index (χ0n) is 17.1. The number of Topliss-reactive ketones (excluding diaryl/α,β-unsaturated/α-hetero) is 1. The molecule has 170 valence electrons. The van der Waals surface area contributed by atoms with Crippen molar-refractivity contribution in [2.75, 3.05) is 29.9 Å². The topological polar surface area (TPSA) is 89.4 Å². The molecule has 32 heavy (non-hydrogen) atoms. The van der Waals surface area contributed by atoms with Gasteiger partial charge in [0, 0.05) is 37.1 Å². The molecule has 4 heterocycles. The number of pyridine rings is 1. The molecule has 8 nitrogen and oxygen atoms in total. The van der Waals surface area contributed by atoms with E-state index in [1.54, 1.807) is 0 Å². The van der Waals surface area contributed by atoms with Gasteiger partial charge in [0.15, 0.2) is 5.78 Å². The number of fused-ring (bicyclic) bond motifs is 2. The van der Waals surface area contributed by atoms with Crippen LogP contribution >= 0.6 is 0 Å². The van der Waals surface area contributed by atoms with Crippen molar-refractivity contribution in [2.45, 2.75) is 37.7 Å². The first kappa shape index (κ1) is 20.9. The van der Waals surface area contributed by atoms with Crippen molar-refractivity contribution in [1.82, 2.24) is 14.5 Å². The van der Waals surface area contributed by atoms with Crippen LogP contribution in [0.25, 0.3) is 0 Å². The fourth-order valence-corrected chi connectivity index (χ4v) is 4.57. The Balaban J connectivity index is 1.44. The number of alkyl halides is 3. The Morgan fingerprint density at radius 3 is 2.72 bits per heavy atom. The number of hydrogen-bond acceptors (Lipinski definition) is 7. The Morgan fingerprint density at radius 1 is 1.28 bits per heavy atom. The van der Waals surface area contributed by atoms with Gasteiger partial charge in [0.2, 0.25) is 5.95 Å². The second-order valence-electron chi connectivity index (χ2n) is 8.48. The highest BCUT2D eigenvalue weighted by Gasteiger charge is 2.49. The van der Waals surface area contributed by atoms with Gasteiger partial charge in [-0.1, -0.05) is 0 Å². The quantitative estimate of drug-likeness (QED) is 0.676. The minimum Gasteiger partial charge on any atom is -0.376 e. The lowest BCUT2D eigenvalue weighted by Crippen LogP contribution is -2.54. The summed E-state index contributed by atoms with van der Waals surface area (Å²) in [5.41, 5.74) is -0.219. The maximum atomic E-state index is 13.8. The van der Waals surface area contributed by atoms with Crippen LogP contribution in [0.5, 0.6) is 0 Å². The number of ketones is 1. The number of rotatable bonds is 6. The van der Waals surface area contributed by atoms with Crippen molar-refractivity contribution < 1.29 is 22.7 Å². The highest BCUT2D eigenvalue weighted by molar-refractivity contribution is 5.99. The predicted octanol–water partition coefficient (Wildman–Crippen LogP) is 2.11. The highest BCUT2D eigenvalue weighted by Crippen LogP contribution is 2.47. The minimum absolute atomic E-state index is 0.00730. The number of carbonyl (C=O) groups excluding carboxylic acids is 1. The molecule has 0 radical (unpaired) electrons. The Morgan fingerprint density at radius 2 is 2.06 bits per heavy atom. The average molecular weight is 449 g/mol. The summed E-state index contributed by atoms with van der Waals surface area (Å²) in [5.74, 6) is 0.587. The summed E-state index contributed by atoms with van der Waals surface area (Å²) in [6, 6.07) is 2.25. The third kappa shape index (κ3) is 3.96. The number of anilines is 2. The van der Waals surface area contributed by atoms with E-state index in [0.717, 1.165) is 17.9 Å². The van der Waals surface area contributed by atoms with Gasteiger partial charge in [0.05, 0.1) is 19.3 Å². The van der Waals surface area contributed by atoms with Gasteiger partial charge < -0.3 is 15.0 Å². The van der Waals surface area contributed by atoms with E-state index >= 15 is 0 Å². The van der Waals surface area contributed by atoms with E-state index in [9.17, 15) is 22.8 Å². The molecule has 1 aliphatic carbocycles. The van der Waals surface area contributed by atoms with Gasteiger partial charge in [0.1, 0.15) is 11.9 Å². The zero-order chi connectivity index (χ0) is 22.5. The summed E-state index contributed by atoms with van der Waals surface area (Å²) in [6.07, 6.45) is -0.993. The molecule has 2 fully saturated rings. The Bertz CT molecular complexity index is 1070. The van der Waals surface area contributed by atoms with E-state index in [4.69, 9.17) is 4.74 Å². The highest BCUT2D eigenvalue weighted by atomic mass is 19.4. The molecule has 2 aliphatic heterocycles. The molecule has 0 bridgehead atoms. The van der Waals surface area contributed by atoms with Gasteiger partial charge in [-0.2, -0.15) is 18.2 Å². The molecule has 5 rings (SSSR count). The van der Waals surface area contributed by atoms with E-state index in [1.807, 2.05) is 0 Å². The number of halogens is 3. The van der Waals surface area contributed by atoms with Crippen molar-refractivity contribution in [3.63, 3.8) is 0 Å². The zero-order valence-corrected chi connectivity index (χ0v) is 17.1. The average Bonchev–Trinajstić information content (AvgIpc) is 3.44. The normalized spacial score (nSPS) is 26.4. The first-order chi connectivity index (χ1) is 15.3. The monoisotopic (exact) mass is 449 g/mol. The van der Waals surface area contributed by atoms with Crippen LogP contribution in [0, 0.1) is 11.8 Å². The molecule has 0 aromatic carbocycles.